The van der Waals surface area contributed by atoms with Crippen LogP contribution in [0, 0.1) is 5.41 Å². The predicted molar refractivity (Wildman–Crippen MR) is 129 cm³/mol. The molecule has 1 atom stereocenters. The quantitative estimate of drug-likeness (QED) is 0.339. The van der Waals surface area contributed by atoms with Gasteiger partial charge in [-0.3, -0.25) is 4.79 Å². The molecule has 2 aromatic carbocycles. The number of piperidine rings is 1. The molecule has 1 fully saturated rings. The van der Waals surface area contributed by atoms with Crippen LogP contribution in [0.5, 0.6) is 0 Å². The van der Waals surface area contributed by atoms with E-state index in [0.29, 0.717) is 27.7 Å². The number of carbonyl (C=O) groups is 2. The van der Waals surface area contributed by atoms with Gasteiger partial charge in [-0.1, -0.05) is 41.4 Å². The van der Waals surface area contributed by atoms with Gasteiger partial charge in [0.15, 0.2) is 0 Å². The Kier molecular flexibility index (Phi) is 6.86. The number of carbonyl (C=O) groups excluding carboxylic acids is 2. The van der Waals surface area contributed by atoms with Gasteiger partial charge in [-0.05, 0) is 53.6 Å². The second kappa shape index (κ2) is 9.68. The second-order valence-corrected chi connectivity index (χ2v) is 9.31. The number of likely N-dealkylation sites (tertiary alicyclic amines) is 1. The summed E-state index contributed by atoms with van der Waals surface area (Å²) < 4.78 is 29.5. The molecule has 1 N–H and O–H groups in total. The average molecular weight is 504 g/mol. The summed E-state index contributed by atoms with van der Waals surface area (Å²) in [6, 6.07) is 16.8. The molecule has 5 nitrogen and oxygen atoms in total. The molecule has 9 heteroatoms. The van der Waals surface area contributed by atoms with Gasteiger partial charge in [0.05, 0.1) is 12.0 Å². The van der Waals surface area contributed by atoms with E-state index in [0.717, 1.165) is 10.5 Å². The number of anilines is 1. The lowest BCUT2D eigenvalue weighted by Gasteiger charge is -2.43. The zero-order chi connectivity index (χ0) is 24.3. The Morgan fingerprint density at radius 3 is 2.56 bits per heavy atom. The van der Waals surface area contributed by atoms with Crippen molar-refractivity contribution in [3.63, 3.8) is 0 Å². The van der Waals surface area contributed by atoms with Gasteiger partial charge < -0.3 is 15.0 Å². The van der Waals surface area contributed by atoms with E-state index in [1.807, 2.05) is 0 Å². The van der Waals surface area contributed by atoms with E-state index in [1.54, 1.807) is 66.9 Å². The lowest BCUT2D eigenvalue weighted by molar-refractivity contribution is -0.134. The van der Waals surface area contributed by atoms with Crippen molar-refractivity contribution in [1.29, 1.82) is 0 Å². The fraction of sp³-hybridized carbons (Fsp3) is 0.240. The van der Waals surface area contributed by atoms with E-state index in [-0.39, 0.29) is 18.7 Å². The number of hydrogen-bond acceptors (Lipinski definition) is 4. The van der Waals surface area contributed by atoms with Crippen molar-refractivity contribution in [1.82, 2.24) is 9.88 Å². The summed E-state index contributed by atoms with van der Waals surface area (Å²) in [7, 11) is 0. The summed E-state index contributed by atoms with van der Waals surface area (Å²) in [6.07, 6.45) is 1.41. The number of nitrogens with zero attached hydrogens (tertiary/aromatic N) is 2. The van der Waals surface area contributed by atoms with Crippen molar-refractivity contribution in [3.8, 4) is 11.1 Å². The van der Waals surface area contributed by atoms with Gasteiger partial charge in [-0.2, -0.15) is 0 Å². The maximum atomic E-state index is 14.8. The topological polar surface area (TPSA) is 62.3 Å². The molecule has 4 rings (SSSR count). The van der Waals surface area contributed by atoms with Crippen molar-refractivity contribution in [3.05, 3.63) is 82.6 Å². The van der Waals surface area contributed by atoms with E-state index >= 15 is 0 Å². The van der Waals surface area contributed by atoms with Crippen LogP contribution in [0.2, 0.25) is 10.2 Å². The van der Waals surface area contributed by atoms with Gasteiger partial charge in [-0.15, -0.1) is 0 Å². The first-order chi connectivity index (χ1) is 16.2. The molecule has 1 saturated heterocycles. The predicted octanol–water partition coefficient (Wildman–Crippen LogP) is 5.83. The average Bonchev–Trinajstić information content (AvgIpc) is 2.81. The molecule has 0 radical (unpaired) electrons. The van der Waals surface area contributed by atoms with E-state index < -0.39 is 30.2 Å². The van der Waals surface area contributed by atoms with Gasteiger partial charge >= 0.3 is 0 Å². The van der Waals surface area contributed by atoms with Gasteiger partial charge in [0.2, 0.25) is 0 Å². The largest absolute Gasteiger partial charge is 0.384 e. The highest BCUT2D eigenvalue weighted by Crippen LogP contribution is 2.38. The van der Waals surface area contributed by atoms with Crippen LogP contribution in [0.1, 0.15) is 16.8 Å². The molecule has 3 aromatic rings. The standard InChI is InChI=1S/C25H21Cl2F2N3O2/c26-20-5-2-6-21(11-20)31-13-24(16-33)12-25(28,29)15-32(14-24)23(34)19-4-1-3-17(9-19)18-7-8-30-22(27)10-18/h1-11,16,31H,12-15H2. The monoisotopic (exact) mass is 503 g/mol. The van der Waals surface area contributed by atoms with Gasteiger partial charge in [0.1, 0.15) is 11.4 Å². The molecule has 0 spiro atoms. The van der Waals surface area contributed by atoms with Crippen LogP contribution in [0.4, 0.5) is 14.5 Å². The smallest absolute Gasteiger partial charge is 0.266 e. The Morgan fingerprint density at radius 2 is 1.82 bits per heavy atom. The number of benzene rings is 2. The van der Waals surface area contributed by atoms with E-state index in [4.69, 9.17) is 23.2 Å². The number of halogens is 4. The fourth-order valence-corrected chi connectivity index (χ4v) is 4.56. The lowest BCUT2D eigenvalue weighted by Crippen LogP contribution is -2.57. The maximum absolute atomic E-state index is 14.8. The summed E-state index contributed by atoms with van der Waals surface area (Å²) in [5, 5.41) is 3.79. The minimum atomic E-state index is -3.22. The molecule has 1 aliphatic heterocycles. The Hall–Kier alpha value is -3.03. The molecule has 1 unspecified atom stereocenters. The van der Waals surface area contributed by atoms with Crippen LogP contribution < -0.4 is 5.32 Å². The highest BCUT2D eigenvalue weighted by atomic mass is 35.5. The SMILES string of the molecule is O=CC1(CNc2cccc(Cl)c2)CN(C(=O)c2cccc(-c3ccnc(Cl)c3)c2)CC(F)(F)C1. The van der Waals surface area contributed by atoms with Crippen molar-refractivity contribution < 1.29 is 18.4 Å². The van der Waals surface area contributed by atoms with Crippen LogP contribution in [-0.2, 0) is 4.79 Å². The molecular weight excluding hydrogens is 483 g/mol. The second-order valence-electron chi connectivity index (χ2n) is 8.49. The van der Waals surface area contributed by atoms with Crippen molar-refractivity contribution in [2.75, 3.05) is 25.0 Å². The normalized spacial score (nSPS) is 19.5. The fourth-order valence-electron chi connectivity index (χ4n) is 4.20. The summed E-state index contributed by atoms with van der Waals surface area (Å²) >= 11 is 11.9. The first-order valence-corrected chi connectivity index (χ1v) is 11.3. The Labute approximate surface area is 205 Å². The Bertz CT molecular complexity index is 1220. The highest BCUT2D eigenvalue weighted by molar-refractivity contribution is 6.30. The number of alkyl halides is 2. The number of aromatic nitrogens is 1. The lowest BCUT2D eigenvalue weighted by atomic mass is 9.79. The molecule has 0 saturated carbocycles. The molecule has 0 bridgehead atoms. The molecular formula is C25H21Cl2F2N3O2. The molecule has 1 aromatic heterocycles. The summed E-state index contributed by atoms with van der Waals surface area (Å²) in [5.41, 5.74) is 0.820. The van der Waals surface area contributed by atoms with Crippen molar-refractivity contribution in [2.24, 2.45) is 5.41 Å². The number of rotatable bonds is 6. The van der Waals surface area contributed by atoms with Crippen molar-refractivity contribution in [2.45, 2.75) is 12.3 Å². The molecule has 1 aliphatic rings. The number of aldehydes is 1. The van der Waals surface area contributed by atoms with E-state index in [1.165, 1.54) is 0 Å². The molecule has 176 valence electrons. The van der Waals surface area contributed by atoms with Gasteiger partial charge in [0.25, 0.3) is 11.8 Å². The molecule has 0 aliphatic carbocycles. The Balaban J connectivity index is 1.58. The number of nitrogens with one attached hydrogen (secondary N) is 1. The number of hydrogen-bond donors (Lipinski definition) is 1. The van der Waals surface area contributed by atoms with Crippen LogP contribution in [0.3, 0.4) is 0 Å². The van der Waals surface area contributed by atoms with Crippen LogP contribution in [0.25, 0.3) is 11.1 Å². The van der Waals surface area contributed by atoms with Gasteiger partial charge in [-0.25, -0.2) is 13.8 Å². The van der Waals surface area contributed by atoms with E-state index in [9.17, 15) is 18.4 Å². The first kappa shape index (κ1) is 24.1. The third kappa shape index (κ3) is 5.54. The Morgan fingerprint density at radius 1 is 1.06 bits per heavy atom. The summed E-state index contributed by atoms with van der Waals surface area (Å²) in [5.74, 6) is -3.79. The van der Waals surface area contributed by atoms with Crippen LogP contribution in [0.15, 0.2) is 66.9 Å². The van der Waals surface area contributed by atoms with Crippen LogP contribution >= 0.6 is 23.2 Å². The zero-order valence-corrected chi connectivity index (χ0v) is 19.5. The van der Waals surface area contributed by atoms with E-state index in [2.05, 4.69) is 10.3 Å². The summed E-state index contributed by atoms with van der Waals surface area (Å²) in [4.78, 5) is 30.3. The summed E-state index contributed by atoms with van der Waals surface area (Å²) in [6.45, 7) is -0.959. The molecule has 2 heterocycles. The maximum Gasteiger partial charge on any atom is 0.266 e. The third-order valence-electron chi connectivity index (χ3n) is 5.71. The van der Waals surface area contributed by atoms with Crippen LogP contribution in [-0.4, -0.2) is 47.6 Å². The molecule has 34 heavy (non-hydrogen) atoms. The zero-order valence-electron chi connectivity index (χ0n) is 18.0. The minimum Gasteiger partial charge on any atom is -0.384 e. The van der Waals surface area contributed by atoms with Gasteiger partial charge in [0, 0.05) is 42.0 Å². The minimum absolute atomic E-state index is 0.0637. The number of amides is 1. The first-order valence-electron chi connectivity index (χ1n) is 10.5. The third-order valence-corrected chi connectivity index (χ3v) is 6.16. The van der Waals surface area contributed by atoms with Crippen molar-refractivity contribution >= 4 is 41.1 Å². The number of pyridine rings is 1. The molecule has 1 amide bonds. The highest BCUT2D eigenvalue weighted by Gasteiger charge is 2.50.